The number of amides is 1. The highest BCUT2D eigenvalue weighted by Crippen LogP contribution is 2.46. The summed E-state index contributed by atoms with van der Waals surface area (Å²) in [5, 5.41) is 0.965. The van der Waals surface area contributed by atoms with Crippen molar-refractivity contribution in [2.24, 2.45) is 11.1 Å². The lowest BCUT2D eigenvalue weighted by Gasteiger charge is -2.41. The third kappa shape index (κ3) is 3.20. The molecule has 0 saturated carbocycles. The van der Waals surface area contributed by atoms with E-state index in [1.54, 1.807) is 11.8 Å². The van der Waals surface area contributed by atoms with Gasteiger partial charge in [-0.3, -0.25) is 4.79 Å². The Balaban J connectivity index is 4.93. The number of hydrogen-bond donors (Lipinski definition) is 1. The summed E-state index contributed by atoms with van der Waals surface area (Å²) in [5.41, 5.74) is 4.94. The smallest absolute Gasteiger partial charge is 0.224 e. The first-order chi connectivity index (χ1) is 7.38. The number of carbonyl (C=O) groups is 1. The van der Waals surface area contributed by atoms with Crippen LogP contribution in [-0.4, -0.2) is 21.5 Å². The Morgan fingerprint density at radius 2 is 2.00 bits per heavy atom. The Kier molecular flexibility index (Phi) is 6.56. The van der Waals surface area contributed by atoms with Crippen LogP contribution in [0, 0.1) is 5.41 Å². The number of nitrogens with two attached hydrogens (primary N) is 1. The molecule has 0 rings (SSSR count). The maximum Gasteiger partial charge on any atom is 0.224 e. The maximum absolute atomic E-state index is 11.6. The van der Waals surface area contributed by atoms with Crippen LogP contribution in [0.4, 0.5) is 0 Å². The normalized spacial score (nSPS) is 15.5. The average molecular weight is 261 g/mol. The lowest BCUT2D eigenvalue weighted by molar-refractivity contribution is -0.127. The summed E-state index contributed by atoms with van der Waals surface area (Å²) in [7, 11) is 0. The van der Waals surface area contributed by atoms with E-state index >= 15 is 0 Å². The molecule has 2 nitrogen and oxygen atoms in total. The Morgan fingerprint density at radius 1 is 1.44 bits per heavy atom. The van der Waals surface area contributed by atoms with Crippen LogP contribution in [0.25, 0.3) is 0 Å². The van der Waals surface area contributed by atoms with Gasteiger partial charge in [-0.25, -0.2) is 0 Å². The van der Waals surface area contributed by atoms with Crippen molar-refractivity contribution in [3.05, 3.63) is 12.7 Å². The number of hydrogen-bond acceptors (Lipinski definition) is 3. The maximum atomic E-state index is 11.6. The monoisotopic (exact) mass is 261 g/mol. The molecule has 0 bridgehead atoms. The van der Waals surface area contributed by atoms with Gasteiger partial charge in [-0.05, 0) is 26.0 Å². The van der Waals surface area contributed by atoms with Crippen molar-refractivity contribution in [1.29, 1.82) is 0 Å². The van der Waals surface area contributed by atoms with E-state index < -0.39 is 5.41 Å². The fourth-order valence-electron chi connectivity index (χ4n) is 1.62. The van der Waals surface area contributed by atoms with Crippen molar-refractivity contribution in [3.63, 3.8) is 0 Å². The fourth-order valence-corrected chi connectivity index (χ4v) is 4.25. The van der Waals surface area contributed by atoms with Crippen LogP contribution in [0.3, 0.4) is 0 Å². The van der Waals surface area contributed by atoms with E-state index in [1.165, 1.54) is 0 Å². The first-order valence-electron chi connectivity index (χ1n) is 5.53. The van der Waals surface area contributed by atoms with Gasteiger partial charge >= 0.3 is 0 Å². The van der Waals surface area contributed by atoms with Crippen LogP contribution in [0.5, 0.6) is 0 Å². The van der Waals surface area contributed by atoms with Crippen molar-refractivity contribution >= 4 is 29.4 Å². The van der Waals surface area contributed by atoms with Crippen molar-refractivity contribution in [2.45, 2.75) is 38.9 Å². The molecule has 0 aliphatic heterocycles. The lowest BCUT2D eigenvalue weighted by atomic mass is 9.76. The molecule has 16 heavy (non-hydrogen) atoms. The zero-order valence-electron chi connectivity index (χ0n) is 10.7. The largest absolute Gasteiger partial charge is 0.369 e. The summed E-state index contributed by atoms with van der Waals surface area (Å²) in [6.45, 7) is 11.9. The standard InChI is InChI=1S/C12H23NOS2/c1-6-12(7-2,16-9-15-8-3)11(4,5)10(13)14/h6H,1,7-9H2,2-5H3,(H2,13,14). The molecule has 4 heteroatoms. The van der Waals surface area contributed by atoms with Gasteiger partial charge in [0.2, 0.25) is 5.91 Å². The topological polar surface area (TPSA) is 43.1 Å². The van der Waals surface area contributed by atoms with Gasteiger partial charge in [-0.15, -0.1) is 18.3 Å². The van der Waals surface area contributed by atoms with Gasteiger partial charge in [0.1, 0.15) is 0 Å². The molecule has 1 amide bonds. The van der Waals surface area contributed by atoms with Crippen molar-refractivity contribution in [2.75, 3.05) is 10.8 Å². The van der Waals surface area contributed by atoms with Gasteiger partial charge in [0, 0.05) is 9.83 Å². The molecule has 1 atom stereocenters. The highest BCUT2D eigenvalue weighted by atomic mass is 32.2. The minimum Gasteiger partial charge on any atom is -0.369 e. The summed E-state index contributed by atoms with van der Waals surface area (Å²) in [5.74, 6) is 0.823. The second-order valence-electron chi connectivity index (χ2n) is 4.19. The van der Waals surface area contributed by atoms with Crippen LogP contribution in [-0.2, 0) is 4.79 Å². The number of primary amides is 1. The van der Waals surface area contributed by atoms with Gasteiger partial charge in [0.15, 0.2) is 0 Å². The fraction of sp³-hybridized carbons (Fsp3) is 0.750. The summed E-state index contributed by atoms with van der Waals surface area (Å²) >= 11 is 3.63. The molecule has 0 fully saturated rings. The molecule has 94 valence electrons. The molecule has 0 spiro atoms. The Hall–Kier alpha value is -0.0900. The van der Waals surface area contributed by atoms with Crippen molar-refractivity contribution in [1.82, 2.24) is 0 Å². The van der Waals surface area contributed by atoms with E-state index in [0.29, 0.717) is 0 Å². The summed E-state index contributed by atoms with van der Waals surface area (Å²) in [4.78, 5) is 11.6. The van der Waals surface area contributed by atoms with Gasteiger partial charge in [-0.2, -0.15) is 11.8 Å². The summed E-state index contributed by atoms with van der Waals surface area (Å²) < 4.78 is -0.263. The molecule has 1 unspecified atom stereocenters. The number of rotatable bonds is 8. The number of carbonyl (C=O) groups excluding carboxylic acids is 1. The molecule has 0 aliphatic rings. The molecule has 0 saturated heterocycles. The highest BCUT2D eigenvalue weighted by Gasteiger charge is 2.45. The summed E-state index contributed by atoms with van der Waals surface area (Å²) in [6.07, 6.45) is 2.75. The van der Waals surface area contributed by atoms with Crippen LogP contribution in [0.2, 0.25) is 0 Å². The van der Waals surface area contributed by atoms with Gasteiger partial charge in [0.05, 0.1) is 5.41 Å². The Bertz CT molecular complexity index is 253. The van der Waals surface area contributed by atoms with E-state index in [-0.39, 0.29) is 10.7 Å². The SMILES string of the molecule is C=CC(CC)(SCSCC)C(C)(C)C(N)=O. The molecule has 0 heterocycles. The quantitative estimate of drug-likeness (QED) is 0.414. The van der Waals surface area contributed by atoms with Crippen molar-refractivity contribution in [3.8, 4) is 0 Å². The van der Waals surface area contributed by atoms with E-state index in [2.05, 4.69) is 20.4 Å². The Morgan fingerprint density at radius 3 is 2.31 bits per heavy atom. The molecule has 0 aromatic carbocycles. The molecule has 0 aromatic rings. The molecule has 0 radical (unpaired) electrons. The van der Waals surface area contributed by atoms with E-state index in [0.717, 1.165) is 17.3 Å². The lowest BCUT2D eigenvalue weighted by Crippen LogP contribution is -2.48. The van der Waals surface area contributed by atoms with Crippen molar-refractivity contribution < 1.29 is 4.79 Å². The van der Waals surface area contributed by atoms with E-state index in [4.69, 9.17) is 5.73 Å². The van der Waals surface area contributed by atoms with Crippen LogP contribution < -0.4 is 5.73 Å². The highest BCUT2D eigenvalue weighted by molar-refractivity contribution is 8.16. The third-order valence-electron chi connectivity index (χ3n) is 3.13. The zero-order valence-corrected chi connectivity index (χ0v) is 12.3. The Labute approximate surface area is 108 Å². The summed E-state index contributed by atoms with van der Waals surface area (Å²) in [6, 6.07) is 0. The predicted octanol–water partition coefficient (Wildman–Crippen LogP) is 3.28. The first kappa shape index (κ1) is 15.9. The molecular formula is C12H23NOS2. The van der Waals surface area contributed by atoms with E-state index in [1.807, 2.05) is 31.7 Å². The van der Waals surface area contributed by atoms with Crippen LogP contribution in [0.1, 0.15) is 34.1 Å². The minimum absolute atomic E-state index is 0.261. The zero-order chi connectivity index (χ0) is 12.8. The number of thioether (sulfide) groups is 2. The van der Waals surface area contributed by atoms with Crippen LogP contribution in [0.15, 0.2) is 12.7 Å². The average Bonchev–Trinajstić information content (AvgIpc) is 2.24. The second kappa shape index (κ2) is 6.60. The molecule has 0 aliphatic carbocycles. The van der Waals surface area contributed by atoms with Crippen LogP contribution >= 0.6 is 23.5 Å². The minimum atomic E-state index is -0.567. The van der Waals surface area contributed by atoms with Gasteiger partial charge in [0.25, 0.3) is 0 Å². The van der Waals surface area contributed by atoms with E-state index in [9.17, 15) is 4.79 Å². The molecular weight excluding hydrogens is 238 g/mol. The van der Waals surface area contributed by atoms with Gasteiger partial charge in [-0.1, -0.05) is 19.9 Å². The third-order valence-corrected chi connectivity index (χ3v) is 6.16. The predicted molar refractivity (Wildman–Crippen MR) is 76.8 cm³/mol. The molecule has 2 N–H and O–H groups in total. The van der Waals surface area contributed by atoms with Gasteiger partial charge < -0.3 is 5.73 Å². The second-order valence-corrected chi connectivity index (χ2v) is 7.14. The molecule has 0 aromatic heterocycles. The first-order valence-corrected chi connectivity index (χ1v) is 7.67.